The van der Waals surface area contributed by atoms with Crippen LogP contribution in [0.4, 0.5) is 4.79 Å². The lowest BCUT2D eigenvalue weighted by Crippen LogP contribution is -2.46. The summed E-state index contributed by atoms with van der Waals surface area (Å²) in [6.07, 6.45) is 7.83. The third-order valence-corrected chi connectivity index (χ3v) is 5.26. The molecule has 1 N–H and O–H groups in total. The quantitative estimate of drug-likeness (QED) is 0.803. The van der Waals surface area contributed by atoms with Gasteiger partial charge in [-0.25, -0.2) is 4.79 Å². The van der Waals surface area contributed by atoms with Crippen molar-refractivity contribution in [1.82, 2.24) is 5.32 Å². The van der Waals surface area contributed by atoms with Crippen molar-refractivity contribution < 1.29 is 14.3 Å². The summed E-state index contributed by atoms with van der Waals surface area (Å²) < 4.78 is 11.6. The van der Waals surface area contributed by atoms with Crippen molar-refractivity contribution in [3.8, 4) is 0 Å². The number of fused-ring (bicyclic) bond motifs is 1. The average Bonchev–Trinajstić information content (AvgIpc) is 3.13. The Bertz CT molecular complexity index is 379. The van der Waals surface area contributed by atoms with Gasteiger partial charge in [-0.15, -0.1) is 0 Å². The van der Waals surface area contributed by atoms with Crippen LogP contribution < -0.4 is 5.32 Å². The maximum atomic E-state index is 11.8. The van der Waals surface area contributed by atoms with Gasteiger partial charge in [-0.05, 0) is 77.6 Å². The zero-order valence-corrected chi connectivity index (χ0v) is 13.6. The predicted octanol–water partition coefficient (Wildman–Crippen LogP) is 3.64. The number of ether oxygens (including phenoxy) is 2. The smallest absolute Gasteiger partial charge is 0.407 e. The van der Waals surface area contributed by atoms with Crippen molar-refractivity contribution >= 4 is 6.09 Å². The molecule has 3 rings (SSSR count). The van der Waals surface area contributed by atoms with E-state index in [0.29, 0.717) is 0 Å². The van der Waals surface area contributed by atoms with Gasteiger partial charge in [-0.1, -0.05) is 0 Å². The molecular formula is C17H29NO3. The second-order valence-electron chi connectivity index (χ2n) is 8.21. The molecular weight excluding hydrogens is 266 g/mol. The molecule has 21 heavy (non-hydrogen) atoms. The highest BCUT2D eigenvalue weighted by atomic mass is 16.6. The molecule has 0 radical (unpaired) electrons. The first kappa shape index (κ1) is 15.1. The van der Waals surface area contributed by atoms with Gasteiger partial charge < -0.3 is 14.8 Å². The van der Waals surface area contributed by atoms with Crippen LogP contribution in [0.1, 0.15) is 65.7 Å². The SMILES string of the molecule is CC(C)(C)OC(=O)NC1CCC2(CC1)CCC1CC1CO2. The van der Waals surface area contributed by atoms with Crippen LogP contribution in [0.2, 0.25) is 0 Å². The molecule has 2 aliphatic carbocycles. The molecule has 1 heterocycles. The van der Waals surface area contributed by atoms with E-state index in [-0.39, 0.29) is 17.7 Å². The summed E-state index contributed by atoms with van der Waals surface area (Å²) in [6, 6.07) is 0.242. The molecule has 1 amide bonds. The summed E-state index contributed by atoms with van der Waals surface area (Å²) in [5.41, 5.74) is -0.315. The maximum absolute atomic E-state index is 11.8. The molecule has 1 aliphatic heterocycles. The van der Waals surface area contributed by atoms with Gasteiger partial charge in [0.25, 0.3) is 0 Å². The van der Waals surface area contributed by atoms with E-state index in [2.05, 4.69) is 5.32 Å². The van der Waals surface area contributed by atoms with Gasteiger partial charge in [0.2, 0.25) is 0 Å². The Labute approximate surface area is 127 Å². The Kier molecular flexibility index (Phi) is 3.93. The number of hydrogen-bond donors (Lipinski definition) is 1. The fourth-order valence-electron chi connectivity index (χ4n) is 3.83. The summed E-state index contributed by atoms with van der Waals surface area (Å²) in [5.74, 6) is 1.80. The van der Waals surface area contributed by atoms with Gasteiger partial charge in [-0.3, -0.25) is 0 Å². The second kappa shape index (κ2) is 5.45. The van der Waals surface area contributed by atoms with Gasteiger partial charge in [0.15, 0.2) is 0 Å². The van der Waals surface area contributed by atoms with Gasteiger partial charge in [0.1, 0.15) is 5.60 Å². The summed E-state index contributed by atoms with van der Waals surface area (Å²) >= 11 is 0. The minimum absolute atomic E-state index is 0.111. The number of nitrogens with one attached hydrogen (secondary N) is 1. The van der Waals surface area contributed by atoms with Crippen molar-refractivity contribution in [2.24, 2.45) is 11.8 Å². The van der Waals surface area contributed by atoms with Crippen LogP contribution in [0.25, 0.3) is 0 Å². The first-order valence-electron chi connectivity index (χ1n) is 8.49. The van der Waals surface area contributed by atoms with E-state index >= 15 is 0 Å². The molecule has 0 aromatic rings. The van der Waals surface area contributed by atoms with E-state index in [1.807, 2.05) is 20.8 Å². The summed E-state index contributed by atoms with van der Waals surface area (Å²) in [6.45, 7) is 6.65. The van der Waals surface area contributed by atoms with Gasteiger partial charge in [-0.2, -0.15) is 0 Å². The van der Waals surface area contributed by atoms with E-state index < -0.39 is 5.60 Å². The van der Waals surface area contributed by atoms with Crippen molar-refractivity contribution in [2.75, 3.05) is 6.61 Å². The lowest BCUT2D eigenvalue weighted by Gasteiger charge is -2.40. The Balaban J connectivity index is 1.45. The molecule has 1 saturated heterocycles. The number of carbonyl (C=O) groups is 1. The minimum Gasteiger partial charge on any atom is -0.444 e. The van der Waals surface area contributed by atoms with Crippen LogP contribution in [0, 0.1) is 11.8 Å². The monoisotopic (exact) mass is 295 g/mol. The number of rotatable bonds is 1. The molecule has 2 unspecified atom stereocenters. The van der Waals surface area contributed by atoms with Crippen LogP contribution in [0.5, 0.6) is 0 Å². The zero-order valence-electron chi connectivity index (χ0n) is 13.6. The van der Waals surface area contributed by atoms with Crippen LogP contribution in [-0.2, 0) is 9.47 Å². The zero-order chi connectivity index (χ0) is 15.1. The molecule has 4 heteroatoms. The fourth-order valence-corrected chi connectivity index (χ4v) is 3.83. The minimum atomic E-state index is -0.425. The second-order valence-corrected chi connectivity index (χ2v) is 8.21. The third kappa shape index (κ3) is 3.91. The van der Waals surface area contributed by atoms with Crippen molar-refractivity contribution in [3.05, 3.63) is 0 Å². The molecule has 4 nitrogen and oxygen atoms in total. The molecule has 2 atom stereocenters. The van der Waals surface area contributed by atoms with E-state index in [9.17, 15) is 4.79 Å². The molecule has 1 spiro atoms. The highest BCUT2D eigenvalue weighted by Crippen LogP contribution is 2.49. The van der Waals surface area contributed by atoms with Crippen molar-refractivity contribution in [2.45, 2.75) is 83.0 Å². The van der Waals surface area contributed by atoms with Crippen LogP contribution >= 0.6 is 0 Å². The van der Waals surface area contributed by atoms with Crippen LogP contribution in [0.3, 0.4) is 0 Å². The lowest BCUT2D eigenvalue weighted by molar-refractivity contribution is -0.0779. The third-order valence-electron chi connectivity index (χ3n) is 5.26. The molecule has 120 valence electrons. The highest BCUT2D eigenvalue weighted by molar-refractivity contribution is 5.68. The van der Waals surface area contributed by atoms with Gasteiger partial charge in [0, 0.05) is 6.04 Å². The van der Waals surface area contributed by atoms with Crippen LogP contribution in [0.15, 0.2) is 0 Å². The van der Waals surface area contributed by atoms with Crippen LogP contribution in [-0.4, -0.2) is 29.9 Å². The Morgan fingerprint density at radius 1 is 1.14 bits per heavy atom. The summed E-state index contributed by atoms with van der Waals surface area (Å²) in [7, 11) is 0. The van der Waals surface area contributed by atoms with Crippen molar-refractivity contribution in [3.63, 3.8) is 0 Å². The van der Waals surface area contributed by atoms with E-state index in [0.717, 1.165) is 44.1 Å². The topological polar surface area (TPSA) is 47.6 Å². The largest absolute Gasteiger partial charge is 0.444 e. The fraction of sp³-hybridized carbons (Fsp3) is 0.941. The number of amides is 1. The van der Waals surface area contributed by atoms with Gasteiger partial charge >= 0.3 is 6.09 Å². The maximum Gasteiger partial charge on any atom is 0.407 e. The molecule has 2 saturated carbocycles. The average molecular weight is 295 g/mol. The standard InChI is InChI=1S/C17H29NO3/c1-16(2,3)21-15(19)18-14-5-8-17(9-6-14)7-4-12-10-13(12)11-20-17/h12-14H,4-11H2,1-3H3,(H,18,19). The normalized spacial score (nSPS) is 39.3. The molecule has 3 aliphatic rings. The first-order valence-corrected chi connectivity index (χ1v) is 8.49. The Morgan fingerprint density at radius 2 is 1.81 bits per heavy atom. The Morgan fingerprint density at radius 3 is 2.48 bits per heavy atom. The van der Waals surface area contributed by atoms with E-state index in [1.165, 1.54) is 19.3 Å². The summed E-state index contributed by atoms with van der Waals surface area (Å²) in [4.78, 5) is 11.8. The molecule has 0 aromatic heterocycles. The van der Waals surface area contributed by atoms with E-state index in [1.54, 1.807) is 0 Å². The molecule has 3 fully saturated rings. The molecule has 0 bridgehead atoms. The number of alkyl carbamates (subject to hydrolysis) is 1. The number of carbonyl (C=O) groups excluding carboxylic acids is 1. The first-order chi connectivity index (χ1) is 9.85. The summed E-state index contributed by atoms with van der Waals surface area (Å²) in [5, 5.41) is 3.01. The number of hydrogen-bond acceptors (Lipinski definition) is 3. The van der Waals surface area contributed by atoms with Gasteiger partial charge in [0.05, 0.1) is 12.2 Å². The van der Waals surface area contributed by atoms with E-state index in [4.69, 9.17) is 9.47 Å². The predicted molar refractivity (Wildman–Crippen MR) is 81.1 cm³/mol. The van der Waals surface area contributed by atoms with Crippen molar-refractivity contribution in [1.29, 1.82) is 0 Å². The Hall–Kier alpha value is -0.770. The highest BCUT2D eigenvalue weighted by Gasteiger charge is 2.46. The lowest BCUT2D eigenvalue weighted by atomic mass is 9.79. The molecule has 0 aromatic carbocycles.